The van der Waals surface area contributed by atoms with E-state index in [4.69, 9.17) is 23.2 Å². The maximum absolute atomic E-state index is 14.4. The number of halogens is 4. The largest absolute Gasteiger partial charge is 0.369 e. The predicted octanol–water partition coefficient (Wildman–Crippen LogP) is 3.75. The highest BCUT2D eigenvalue weighted by Gasteiger charge is 2.38. The molecule has 7 nitrogen and oxygen atoms in total. The minimum Gasteiger partial charge on any atom is -0.369 e. The van der Waals surface area contributed by atoms with Crippen molar-refractivity contribution in [1.29, 1.82) is 0 Å². The summed E-state index contributed by atoms with van der Waals surface area (Å²) in [7, 11) is -3.76. The maximum atomic E-state index is 14.4. The van der Waals surface area contributed by atoms with Crippen LogP contribution in [0.5, 0.6) is 0 Å². The fourth-order valence-corrected chi connectivity index (χ4v) is 5.44. The van der Waals surface area contributed by atoms with Gasteiger partial charge in [-0.3, -0.25) is 4.79 Å². The molecule has 2 aliphatic rings. The van der Waals surface area contributed by atoms with Crippen molar-refractivity contribution in [3.8, 4) is 0 Å². The first-order chi connectivity index (χ1) is 15.5. The highest BCUT2D eigenvalue weighted by atomic mass is 35.5. The first kappa shape index (κ1) is 24.0. The van der Waals surface area contributed by atoms with Crippen molar-refractivity contribution in [3.63, 3.8) is 0 Å². The molecule has 2 saturated heterocycles. The van der Waals surface area contributed by atoms with E-state index < -0.39 is 38.1 Å². The Balaban J connectivity index is 1.40. The summed E-state index contributed by atoms with van der Waals surface area (Å²) >= 11 is 12.2. The second kappa shape index (κ2) is 9.23. The molecule has 2 aliphatic heterocycles. The molecule has 1 N–H and O–H groups in total. The van der Waals surface area contributed by atoms with Gasteiger partial charge in [0.15, 0.2) is 21.5 Å². The number of carbonyl (C=O) groups excluding carboxylic acids is 1. The SMILES string of the molecule is CS(=O)(=O)c1cc(F)c(NC2CCN(C3CCN(c4ncc(Cl)cc4Cl)CC3)C2=O)c(F)c1. The molecule has 1 amide bonds. The summed E-state index contributed by atoms with van der Waals surface area (Å²) in [4.78, 5) is 20.6. The van der Waals surface area contributed by atoms with Gasteiger partial charge in [-0.1, -0.05) is 23.2 Å². The summed E-state index contributed by atoms with van der Waals surface area (Å²) in [6.45, 7) is 1.76. The van der Waals surface area contributed by atoms with Gasteiger partial charge in [-0.15, -0.1) is 0 Å². The first-order valence-electron chi connectivity index (χ1n) is 10.4. The number of hydrogen-bond donors (Lipinski definition) is 1. The van der Waals surface area contributed by atoms with E-state index >= 15 is 0 Å². The minimum atomic E-state index is -3.76. The lowest BCUT2D eigenvalue weighted by molar-refractivity contribution is -0.130. The summed E-state index contributed by atoms with van der Waals surface area (Å²) in [5, 5.41) is 3.56. The molecule has 1 unspecified atom stereocenters. The topological polar surface area (TPSA) is 82.6 Å². The number of pyridine rings is 1. The Morgan fingerprint density at radius 1 is 1.06 bits per heavy atom. The monoisotopic (exact) mass is 518 g/mol. The van der Waals surface area contributed by atoms with Crippen molar-refractivity contribution in [3.05, 3.63) is 46.1 Å². The number of anilines is 2. The Morgan fingerprint density at radius 2 is 1.70 bits per heavy atom. The van der Waals surface area contributed by atoms with Crippen LogP contribution < -0.4 is 10.2 Å². The van der Waals surface area contributed by atoms with Gasteiger partial charge in [0.2, 0.25) is 5.91 Å². The quantitative estimate of drug-likeness (QED) is 0.648. The number of sulfone groups is 1. The molecule has 12 heteroatoms. The van der Waals surface area contributed by atoms with Gasteiger partial charge in [-0.05, 0) is 37.5 Å². The molecule has 0 radical (unpaired) electrons. The highest BCUT2D eigenvalue weighted by molar-refractivity contribution is 7.90. The lowest BCUT2D eigenvalue weighted by Gasteiger charge is -2.37. The third-order valence-electron chi connectivity index (χ3n) is 6.00. The molecule has 1 atom stereocenters. The molecule has 2 fully saturated rings. The smallest absolute Gasteiger partial charge is 0.245 e. The van der Waals surface area contributed by atoms with Crippen LogP contribution in [0.3, 0.4) is 0 Å². The fourth-order valence-electron chi connectivity index (χ4n) is 4.30. The Labute approximate surface area is 200 Å². The lowest BCUT2D eigenvalue weighted by atomic mass is 10.0. The van der Waals surface area contributed by atoms with Crippen molar-refractivity contribution in [2.24, 2.45) is 0 Å². The Morgan fingerprint density at radius 3 is 2.27 bits per heavy atom. The molecule has 178 valence electrons. The van der Waals surface area contributed by atoms with Crippen LogP contribution in [0.25, 0.3) is 0 Å². The number of likely N-dealkylation sites (tertiary alicyclic amines) is 1. The van der Waals surface area contributed by atoms with Gasteiger partial charge < -0.3 is 15.1 Å². The zero-order valence-electron chi connectivity index (χ0n) is 17.7. The van der Waals surface area contributed by atoms with Crippen LogP contribution >= 0.6 is 23.2 Å². The first-order valence-corrected chi connectivity index (χ1v) is 13.0. The van der Waals surface area contributed by atoms with E-state index in [1.165, 1.54) is 6.20 Å². The van der Waals surface area contributed by atoms with Crippen LogP contribution in [0.4, 0.5) is 20.3 Å². The Hall–Kier alpha value is -2.17. The summed E-state index contributed by atoms with van der Waals surface area (Å²) < 4.78 is 52.0. The normalized spacial score (nSPS) is 19.9. The van der Waals surface area contributed by atoms with Crippen LogP contribution in [0.1, 0.15) is 19.3 Å². The van der Waals surface area contributed by atoms with Gasteiger partial charge in [0.05, 0.1) is 14.9 Å². The van der Waals surface area contributed by atoms with Crippen molar-refractivity contribution >= 4 is 50.5 Å². The number of nitrogens with one attached hydrogen (secondary N) is 1. The molecular formula is C21H22Cl2F2N4O3S. The van der Waals surface area contributed by atoms with Crippen LogP contribution in [-0.4, -0.2) is 62.2 Å². The van der Waals surface area contributed by atoms with Crippen molar-refractivity contribution in [2.75, 3.05) is 36.1 Å². The summed E-state index contributed by atoms with van der Waals surface area (Å²) in [5.41, 5.74) is -0.499. The molecule has 1 aromatic heterocycles. The summed E-state index contributed by atoms with van der Waals surface area (Å²) in [5.74, 6) is -1.69. The molecule has 33 heavy (non-hydrogen) atoms. The molecule has 4 rings (SSSR count). The van der Waals surface area contributed by atoms with Crippen LogP contribution in [-0.2, 0) is 14.6 Å². The summed E-state index contributed by atoms with van der Waals surface area (Å²) in [6, 6.07) is 2.35. The fraction of sp³-hybridized carbons (Fsp3) is 0.429. The molecule has 1 aromatic carbocycles. The van der Waals surface area contributed by atoms with Gasteiger partial charge in [0.1, 0.15) is 17.5 Å². The lowest BCUT2D eigenvalue weighted by Crippen LogP contribution is -2.47. The van der Waals surface area contributed by atoms with Gasteiger partial charge >= 0.3 is 0 Å². The van der Waals surface area contributed by atoms with Crippen LogP contribution in [0, 0.1) is 11.6 Å². The van der Waals surface area contributed by atoms with Gasteiger partial charge in [-0.2, -0.15) is 0 Å². The average Bonchev–Trinajstić information content (AvgIpc) is 3.10. The van der Waals surface area contributed by atoms with E-state index in [-0.39, 0.29) is 11.9 Å². The predicted molar refractivity (Wildman–Crippen MR) is 123 cm³/mol. The van der Waals surface area contributed by atoms with E-state index in [2.05, 4.69) is 10.3 Å². The summed E-state index contributed by atoms with van der Waals surface area (Å²) in [6.07, 6.45) is 4.19. The van der Waals surface area contributed by atoms with Crippen LogP contribution in [0.15, 0.2) is 29.3 Å². The third kappa shape index (κ3) is 5.02. The van der Waals surface area contributed by atoms with E-state index in [9.17, 15) is 22.0 Å². The number of aromatic nitrogens is 1. The molecular weight excluding hydrogens is 497 g/mol. The number of carbonyl (C=O) groups is 1. The number of nitrogens with zero attached hydrogens (tertiary/aromatic N) is 3. The molecule has 0 saturated carbocycles. The zero-order valence-corrected chi connectivity index (χ0v) is 20.0. The minimum absolute atomic E-state index is 0.00562. The average molecular weight is 519 g/mol. The maximum Gasteiger partial charge on any atom is 0.245 e. The van der Waals surface area contributed by atoms with E-state index in [0.717, 1.165) is 18.4 Å². The van der Waals surface area contributed by atoms with Gasteiger partial charge in [-0.25, -0.2) is 22.2 Å². The van der Waals surface area contributed by atoms with Gasteiger partial charge in [0, 0.05) is 38.1 Å². The number of rotatable bonds is 5. The van der Waals surface area contributed by atoms with Crippen LogP contribution in [0.2, 0.25) is 10.0 Å². The number of benzene rings is 1. The molecule has 3 heterocycles. The standard InChI is InChI=1S/C21H22Cl2F2N4O3S/c1-33(31,32)14-9-16(24)19(17(25)10-14)27-18-4-7-29(21(18)30)13-2-5-28(6-3-13)20-15(23)8-12(22)11-26-20/h8-11,13,18,27H,2-7H2,1H3. The Kier molecular flexibility index (Phi) is 6.70. The van der Waals surface area contributed by atoms with Crippen molar-refractivity contribution in [2.45, 2.75) is 36.2 Å². The van der Waals surface area contributed by atoms with Crippen molar-refractivity contribution in [1.82, 2.24) is 9.88 Å². The molecule has 0 bridgehead atoms. The van der Waals surface area contributed by atoms with E-state index in [1.807, 2.05) is 4.90 Å². The number of hydrogen-bond acceptors (Lipinski definition) is 6. The zero-order chi connectivity index (χ0) is 23.9. The second-order valence-corrected chi connectivity index (χ2v) is 11.1. The van der Waals surface area contributed by atoms with Crippen molar-refractivity contribution < 1.29 is 22.0 Å². The van der Waals surface area contributed by atoms with E-state index in [1.54, 1.807) is 11.0 Å². The number of piperidine rings is 1. The molecule has 0 aliphatic carbocycles. The molecule has 2 aromatic rings. The highest BCUT2D eigenvalue weighted by Crippen LogP contribution is 2.31. The van der Waals surface area contributed by atoms with E-state index in [0.29, 0.717) is 54.8 Å². The third-order valence-corrected chi connectivity index (χ3v) is 7.57. The number of amides is 1. The van der Waals surface area contributed by atoms with Gasteiger partial charge in [0.25, 0.3) is 0 Å². The molecule has 0 spiro atoms. The second-order valence-electron chi connectivity index (χ2n) is 8.23. The Bertz CT molecular complexity index is 1170.